The van der Waals surface area contributed by atoms with Crippen molar-refractivity contribution in [1.82, 2.24) is 0 Å². The molecule has 1 unspecified atom stereocenters. The molecule has 0 aliphatic heterocycles. The molecule has 2 nitrogen and oxygen atoms in total. The van der Waals surface area contributed by atoms with Crippen LogP contribution in [0.2, 0.25) is 0 Å². The molecule has 0 fully saturated rings. The maximum atomic E-state index is 11.2. The van der Waals surface area contributed by atoms with Gasteiger partial charge in [0.05, 0.1) is 0 Å². The van der Waals surface area contributed by atoms with Crippen LogP contribution in [0, 0.1) is 6.92 Å². The van der Waals surface area contributed by atoms with E-state index in [0.717, 1.165) is 11.3 Å². The van der Waals surface area contributed by atoms with E-state index in [1.54, 1.807) is 0 Å². The van der Waals surface area contributed by atoms with Gasteiger partial charge in [0.2, 0.25) is 5.91 Å². The molecule has 1 aromatic carbocycles. The van der Waals surface area contributed by atoms with Crippen molar-refractivity contribution in [2.24, 2.45) is 0 Å². The second-order valence-electron chi connectivity index (χ2n) is 3.98. The van der Waals surface area contributed by atoms with E-state index in [-0.39, 0.29) is 5.91 Å². The number of benzene rings is 1. The van der Waals surface area contributed by atoms with E-state index in [9.17, 15) is 4.79 Å². The average Bonchev–Trinajstić information content (AvgIpc) is 2.20. The molecule has 1 amide bonds. The predicted molar refractivity (Wildman–Crippen MR) is 68.5 cm³/mol. The molecular formula is C12H18NOP. The van der Waals surface area contributed by atoms with Gasteiger partial charge in [-0.3, -0.25) is 4.79 Å². The van der Waals surface area contributed by atoms with Crippen LogP contribution in [-0.4, -0.2) is 12.1 Å². The lowest BCUT2D eigenvalue weighted by Crippen LogP contribution is -2.13. The van der Waals surface area contributed by atoms with Gasteiger partial charge in [0, 0.05) is 11.8 Å². The molecule has 3 heteroatoms. The van der Waals surface area contributed by atoms with E-state index in [1.807, 2.05) is 13.0 Å². The zero-order valence-corrected chi connectivity index (χ0v) is 10.7. The summed E-state index contributed by atoms with van der Waals surface area (Å²) in [5.41, 5.74) is 3.33. The van der Waals surface area contributed by atoms with Crippen LogP contribution in [0.5, 0.6) is 0 Å². The number of nitrogens with one attached hydrogen (secondary N) is 1. The lowest BCUT2D eigenvalue weighted by atomic mass is 10.0. The fourth-order valence-electron chi connectivity index (χ4n) is 1.39. The van der Waals surface area contributed by atoms with Crippen molar-refractivity contribution in [3.05, 3.63) is 29.3 Å². The van der Waals surface area contributed by atoms with Gasteiger partial charge in [0.1, 0.15) is 0 Å². The molecule has 0 saturated carbocycles. The first-order chi connectivity index (χ1) is 7.04. The van der Waals surface area contributed by atoms with Crippen LogP contribution in [-0.2, 0) is 4.79 Å². The highest BCUT2D eigenvalue weighted by molar-refractivity contribution is 7.18. The Bertz CT molecular complexity index is 361. The number of hydrogen-bond acceptors (Lipinski definition) is 1. The fourth-order valence-corrected chi connectivity index (χ4v) is 1.49. The largest absolute Gasteiger partial charge is 0.326 e. The molecule has 0 aliphatic rings. The van der Waals surface area contributed by atoms with Crippen LogP contribution in [0.3, 0.4) is 0 Å². The average molecular weight is 223 g/mol. The highest BCUT2D eigenvalue weighted by Gasteiger charge is 2.05. The molecule has 15 heavy (non-hydrogen) atoms. The first kappa shape index (κ1) is 12.2. The Balaban J connectivity index is 2.88. The van der Waals surface area contributed by atoms with E-state index in [2.05, 4.69) is 40.5 Å². The predicted octanol–water partition coefficient (Wildman–Crippen LogP) is 2.93. The minimum atomic E-state index is 0.0281. The molecule has 0 aliphatic carbocycles. The lowest BCUT2D eigenvalue weighted by molar-refractivity contribution is -0.113. The number of carbonyl (C=O) groups is 1. The van der Waals surface area contributed by atoms with Crippen LogP contribution in [0.25, 0.3) is 0 Å². The molecule has 1 N–H and O–H groups in total. The quantitative estimate of drug-likeness (QED) is 0.784. The lowest BCUT2D eigenvalue weighted by Gasteiger charge is -2.11. The number of hydrogen-bond donors (Lipinski definition) is 1. The second-order valence-corrected chi connectivity index (χ2v) is 4.39. The van der Waals surface area contributed by atoms with Gasteiger partial charge in [-0.15, -0.1) is 9.24 Å². The van der Waals surface area contributed by atoms with Crippen molar-refractivity contribution in [3.63, 3.8) is 0 Å². The third kappa shape index (κ3) is 3.32. The second kappa shape index (κ2) is 5.27. The van der Waals surface area contributed by atoms with Crippen molar-refractivity contribution < 1.29 is 4.79 Å². The van der Waals surface area contributed by atoms with Crippen molar-refractivity contribution in [2.75, 3.05) is 11.5 Å². The summed E-state index contributed by atoms with van der Waals surface area (Å²) >= 11 is 0. The minimum Gasteiger partial charge on any atom is -0.326 e. The summed E-state index contributed by atoms with van der Waals surface area (Å²) in [7, 11) is 2.42. The van der Waals surface area contributed by atoms with Crippen molar-refractivity contribution >= 4 is 20.8 Å². The van der Waals surface area contributed by atoms with E-state index < -0.39 is 0 Å². The van der Waals surface area contributed by atoms with Gasteiger partial charge in [0.25, 0.3) is 0 Å². The molecule has 0 spiro atoms. The zero-order chi connectivity index (χ0) is 11.4. The molecule has 0 heterocycles. The maximum absolute atomic E-state index is 11.2. The minimum absolute atomic E-state index is 0.0281. The molecule has 0 bridgehead atoms. The third-order valence-corrected chi connectivity index (χ3v) is 2.75. The molecule has 0 radical (unpaired) electrons. The van der Waals surface area contributed by atoms with E-state index in [1.165, 1.54) is 5.56 Å². The number of rotatable bonds is 3. The van der Waals surface area contributed by atoms with Gasteiger partial charge in [-0.25, -0.2) is 0 Å². The SMILES string of the molecule is Cc1cc(C(C)C)ccc1NC(=O)CP. The van der Waals surface area contributed by atoms with Crippen LogP contribution >= 0.6 is 9.24 Å². The van der Waals surface area contributed by atoms with Crippen LogP contribution < -0.4 is 5.32 Å². The van der Waals surface area contributed by atoms with Gasteiger partial charge in [0.15, 0.2) is 0 Å². The maximum Gasteiger partial charge on any atom is 0.228 e. The molecule has 1 rings (SSSR count). The number of carbonyl (C=O) groups excluding carboxylic acids is 1. The summed E-state index contributed by atoms with van der Waals surface area (Å²) in [5.74, 6) is 0.551. The summed E-state index contributed by atoms with van der Waals surface area (Å²) in [5, 5.41) is 2.87. The highest BCUT2D eigenvalue weighted by Crippen LogP contribution is 2.21. The van der Waals surface area contributed by atoms with Gasteiger partial charge in [-0.05, 0) is 30.0 Å². The smallest absolute Gasteiger partial charge is 0.228 e. The first-order valence-corrected chi connectivity index (χ1v) is 5.96. The van der Waals surface area contributed by atoms with Crippen LogP contribution in [0.4, 0.5) is 5.69 Å². The highest BCUT2D eigenvalue weighted by atomic mass is 31.0. The van der Waals surface area contributed by atoms with E-state index >= 15 is 0 Å². The van der Waals surface area contributed by atoms with Gasteiger partial charge < -0.3 is 5.32 Å². The summed E-state index contributed by atoms with van der Waals surface area (Å²) in [6, 6.07) is 6.17. The van der Waals surface area contributed by atoms with E-state index in [0.29, 0.717) is 12.1 Å². The topological polar surface area (TPSA) is 29.1 Å². The first-order valence-electron chi connectivity index (χ1n) is 5.15. The Morgan fingerprint density at radius 2 is 2.13 bits per heavy atom. The van der Waals surface area contributed by atoms with Crippen LogP contribution in [0.1, 0.15) is 30.9 Å². The normalized spacial score (nSPS) is 10.5. The molecule has 1 aromatic rings. The molecule has 1 atom stereocenters. The number of anilines is 1. The standard InChI is InChI=1S/C12H18NOP/c1-8(2)10-4-5-11(9(3)6-10)13-12(14)7-15/h4-6,8H,7,15H2,1-3H3,(H,13,14). The van der Waals surface area contributed by atoms with Crippen molar-refractivity contribution in [1.29, 1.82) is 0 Å². The van der Waals surface area contributed by atoms with Crippen molar-refractivity contribution in [2.45, 2.75) is 26.7 Å². The molecule has 0 saturated heterocycles. The molecule has 0 aromatic heterocycles. The Morgan fingerprint density at radius 3 is 2.60 bits per heavy atom. The number of amides is 1. The summed E-state index contributed by atoms with van der Waals surface area (Å²) in [6.07, 6.45) is 0.436. The van der Waals surface area contributed by atoms with Crippen molar-refractivity contribution in [3.8, 4) is 0 Å². The zero-order valence-electron chi connectivity index (χ0n) is 9.50. The summed E-state index contributed by atoms with van der Waals surface area (Å²) in [6.45, 7) is 6.34. The van der Waals surface area contributed by atoms with Gasteiger partial charge >= 0.3 is 0 Å². The van der Waals surface area contributed by atoms with Gasteiger partial charge in [-0.2, -0.15) is 0 Å². The van der Waals surface area contributed by atoms with Crippen LogP contribution in [0.15, 0.2) is 18.2 Å². The summed E-state index contributed by atoms with van der Waals surface area (Å²) in [4.78, 5) is 11.2. The molecular weight excluding hydrogens is 205 g/mol. The Morgan fingerprint density at radius 1 is 1.47 bits per heavy atom. The Hall–Kier alpha value is -0.880. The Labute approximate surface area is 93.7 Å². The molecule has 82 valence electrons. The summed E-state index contributed by atoms with van der Waals surface area (Å²) < 4.78 is 0. The Kier molecular flexibility index (Phi) is 4.28. The van der Waals surface area contributed by atoms with Gasteiger partial charge in [-0.1, -0.05) is 26.0 Å². The monoisotopic (exact) mass is 223 g/mol. The number of aryl methyl sites for hydroxylation is 1. The third-order valence-electron chi connectivity index (χ3n) is 2.38. The fraction of sp³-hybridized carbons (Fsp3) is 0.417. The van der Waals surface area contributed by atoms with E-state index in [4.69, 9.17) is 0 Å².